The molecule has 2 heterocycles. The summed E-state index contributed by atoms with van der Waals surface area (Å²) < 4.78 is 10.3. The van der Waals surface area contributed by atoms with Crippen molar-refractivity contribution in [2.24, 2.45) is 0 Å². The van der Waals surface area contributed by atoms with Crippen LogP contribution in [0.2, 0.25) is 0 Å². The van der Waals surface area contributed by atoms with Crippen molar-refractivity contribution in [3.8, 4) is 0 Å². The van der Waals surface area contributed by atoms with Crippen LogP contribution < -0.4 is 5.32 Å². The molecule has 0 spiro atoms. The summed E-state index contributed by atoms with van der Waals surface area (Å²) in [5.41, 5.74) is 0.402. The third-order valence-corrected chi connectivity index (χ3v) is 3.98. The Kier molecular flexibility index (Phi) is 5.69. The van der Waals surface area contributed by atoms with E-state index in [0.717, 1.165) is 0 Å². The van der Waals surface area contributed by atoms with Crippen LogP contribution in [0.5, 0.6) is 0 Å². The zero-order valence-corrected chi connectivity index (χ0v) is 11.8. The molecule has 0 aromatic rings. The van der Waals surface area contributed by atoms with Gasteiger partial charge >= 0.3 is 0 Å². The topological polar surface area (TPSA) is 132 Å². The van der Waals surface area contributed by atoms with Gasteiger partial charge in [-0.1, -0.05) is 6.08 Å². The first-order chi connectivity index (χ1) is 9.99. The molecule has 0 aromatic heterocycles. The fraction of sp³-hybridized carbons (Fsp3) is 0.846. The van der Waals surface area contributed by atoms with Crippen LogP contribution in [0.4, 0.5) is 0 Å². The number of methoxy groups -OCH3 is 1. The Labute approximate surface area is 122 Å². The summed E-state index contributed by atoms with van der Waals surface area (Å²) in [5.74, 6) is 0. The first-order valence-corrected chi connectivity index (χ1v) is 6.94. The van der Waals surface area contributed by atoms with Gasteiger partial charge < -0.3 is 40.3 Å². The number of hydrogen-bond acceptors (Lipinski definition) is 8. The average Bonchev–Trinajstić information content (AvgIpc) is 2.97. The second-order valence-corrected chi connectivity index (χ2v) is 5.37. The van der Waals surface area contributed by atoms with Crippen LogP contribution in [0.3, 0.4) is 0 Å². The van der Waals surface area contributed by atoms with E-state index in [1.165, 1.54) is 7.11 Å². The van der Waals surface area contributed by atoms with E-state index in [1.54, 1.807) is 6.08 Å². The Balaban J connectivity index is 2.08. The van der Waals surface area contributed by atoms with Crippen molar-refractivity contribution in [3.05, 3.63) is 11.6 Å². The van der Waals surface area contributed by atoms with Crippen molar-refractivity contribution in [1.82, 2.24) is 5.32 Å². The molecule has 6 N–H and O–H groups in total. The molecular formula is C13H23NO7. The first-order valence-electron chi connectivity index (χ1n) is 6.94. The van der Waals surface area contributed by atoms with E-state index >= 15 is 0 Å². The summed E-state index contributed by atoms with van der Waals surface area (Å²) in [6.45, 7) is -0.203. The maximum absolute atomic E-state index is 10.1. The monoisotopic (exact) mass is 305 g/mol. The molecule has 8 nitrogen and oxygen atoms in total. The summed E-state index contributed by atoms with van der Waals surface area (Å²) in [7, 11) is 1.37. The molecule has 0 bridgehead atoms. The highest BCUT2D eigenvalue weighted by atomic mass is 16.7. The van der Waals surface area contributed by atoms with Crippen molar-refractivity contribution in [3.63, 3.8) is 0 Å². The minimum absolute atomic E-state index is 0.303. The smallest absolute Gasteiger partial charge is 0.187 e. The molecule has 2 saturated heterocycles. The Morgan fingerprint density at radius 2 is 2.14 bits per heavy atom. The lowest BCUT2D eigenvalue weighted by Gasteiger charge is -2.19. The lowest BCUT2D eigenvalue weighted by Crippen LogP contribution is -2.34. The molecule has 21 heavy (non-hydrogen) atoms. The molecule has 0 radical (unpaired) electrons. The van der Waals surface area contributed by atoms with Gasteiger partial charge in [0.15, 0.2) is 6.29 Å². The summed E-state index contributed by atoms with van der Waals surface area (Å²) >= 11 is 0. The molecule has 8 heteroatoms. The quantitative estimate of drug-likeness (QED) is 0.298. The zero-order valence-electron chi connectivity index (χ0n) is 11.8. The van der Waals surface area contributed by atoms with E-state index in [4.69, 9.17) is 14.6 Å². The highest BCUT2D eigenvalue weighted by Gasteiger charge is 2.42. The van der Waals surface area contributed by atoms with E-state index in [9.17, 15) is 20.4 Å². The van der Waals surface area contributed by atoms with Crippen LogP contribution in [-0.4, -0.2) is 88.6 Å². The molecule has 7 atom stereocenters. The van der Waals surface area contributed by atoms with Crippen LogP contribution in [0.25, 0.3) is 0 Å². The summed E-state index contributed by atoms with van der Waals surface area (Å²) in [6.07, 6.45) is -3.70. The molecule has 2 aliphatic heterocycles. The third-order valence-electron chi connectivity index (χ3n) is 3.98. The molecule has 2 rings (SSSR count). The van der Waals surface area contributed by atoms with E-state index in [-0.39, 0.29) is 6.04 Å². The predicted molar refractivity (Wildman–Crippen MR) is 71.3 cm³/mol. The van der Waals surface area contributed by atoms with Crippen LogP contribution >= 0.6 is 0 Å². The molecular weight excluding hydrogens is 282 g/mol. The fourth-order valence-corrected chi connectivity index (χ4v) is 2.72. The van der Waals surface area contributed by atoms with Gasteiger partial charge in [-0.25, -0.2) is 0 Å². The SMILES string of the molecule is CO[C@@H]1O[C@@H]([C@H](O)CO)/C(=C\C[C@@H]2NC[C@H](O)[C@@H]2O)[C@H]1O. The molecule has 2 fully saturated rings. The molecule has 0 amide bonds. The second-order valence-electron chi connectivity index (χ2n) is 5.37. The Bertz CT molecular complexity index is 378. The maximum atomic E-state index is 10.1. The normalized spacial score (nSPS) is 43.6. The Hall–Kier alpha value is -0.580. The molecule has 0 unspecified atom stereocenters. The first kappa shape index (κ1) is 16.8. The highest BCUT2D eigenvalue weighted by molar-refractivity contribution is 5.22. The van der Waals surface area contributed by atoms with Gasteiger partial charge in [0.25, 0.3) is 0 Å². The van der Waals surface area contributed by atoms with Crippen LogP contribution in [0.15, 0.2) is 11.6 Å². The van der Waals surface area contributed by atoms with Crippen LogP contribution in [-0.2, 0) is 9.47 Å². The van der Waals surface area contributed by atoms with Crippen LogP contribution in [0.1, 0.15) is 6.42 Å². The minimum Gasteiger partial charge on any atom is -0.394 e. The van der Waals surface area contributed by atoms with E-state index in [1.807, 2.05) is 0 Å². The lowest BCUT2D eigenvalue weighted by atomic mass is 9.98. The number of aliphatic hydroxyl groups is 5. The summed E-state index contributed by atoms with van der Waals surface area (Å²) in [4.78, 5) is 0. The van der Waals surface area contributed by atoms with Crippen molar-refractivity contribution in [2.75, 3.05) is 20.3 Å². The average molecular weight is 305 g/mol. The van der Waals surface area contributed by atoms with Gasteiger partial charge in [0, 0.05) is 19.7 Å². The van der Waals surface area contributed by atoms with Crippen molar-refractivity contribution in [1.29, 1.82) is 0 Å². The summed E-state index contributed by atoms with van der Waals surface area (Å²) in [6, 6.07) is -0.340. The third kappa shape index (κ3) is 3.43. The Morgan fingerprint density at radius 3 is 2.67 bits per heavy atom. The number of aliphatic hydroxyl groups excluding tert-OH is 5. The molecule has 0 aromatic carbocycles. The number of hydrogen-bond donors (Lipinski definition) is 6. The highest BCUT2D eigenvalue weighted by Crippen LogP contribution is 2.30. The largest absolute Gasteiger partial charge is 0.394 e. The molecule has 122 valence electrons. The van der Waals surface area contributed by atoms with Gasteiger partial charge in [-0.15, -0.1) is 0 Å². The molecule has 2 aliphatic rings. The van der Waals surface area contributed by atoms with Crippen molar-refractivity contribution < 1.29 is 35.0 Å². The number of β-amino-alcohol motifs (C(OH)–C–C–N with tert-alkyl or cyclic N) is 1. The second kappa shape index (κ2) is 7.12. The van der Waals surface area contributed by atoms with Crippen molar-refractivity contribution >= 4 is 0 Å². The van der Waals surface area contributed by atoms with Crippen LogP contribution in [0, 0.1) is 0 Å². The van der Waals surface area contributed by atoms with E-state index in [2.05, 4.69) is 5.32 Å². The predicted octanol–water partition coefficient (Wildman–Crippen LogP) is -2.92. The van der Waals surface area contributed by atoms with Gasteiger partial charge in [-0.3, -0.25) is 0 Å². The van der Waals surface area contributed by atoms with E-state index < -0.39 is 43.4 Å². The summed E-state index contributed by atoms with van der Waals surface area (Å²) in [5, 5.41) is 51.1. The van der Waals surface area contributed by atoms with Gasteiger partial charge in [0.05, 0.1) is 18.8 Å². The number of nitrogens with one attached hydrogen (secondary N) is 1. The van der Waals surface area contributed by atoms with Gasteiger partial charge in [0.1, 0.15) is 18.3 Å². The standard InChI is InChI=1S/C13H23NO7/c1-20-13-10(18)6(12(21-13)9(17)5-15)2-3-7-11(19)8(16)4-14-7/h2,7-19H,3-5H2,1H3/b6-2-/t7-,8-,9+,10+,11+,12+,13+/m0/s1. The number of rotatable bonds is 5. The Morgan fingerprint density at radius 1 is 1.43 bits per heavy atom. The number of ether oxygens (including phenoxy) is 2. The van der Waals surface area contributed by atoms with Gasteiger partial charge in [0.2, 0.25) is 0 Å². The lowest BCUT2D eigenvalue weighted by molar-refractivity contribution is -0.166. The zero-order chi connectivity index (χ0) is 15.6. The molecule has 0 saturated carbocycles. The van der Waals surface area contributed by atoms with Crippen molar-refractivity contribution in [2.45, 2.75) is 49.3 Å². The minimum atomic E-state index is -1.17. The van der Waals surface area contributed by atoms with Gasteiger partial charge in [-0.2, -0.15) is 0 Å². The van der Waals surface area contributed by atoms with E-state index in [0.29, 0.717) is 18.5 Å². The molecule has 0 aliphatic carbocycles. The fourth-order valence-electron chi connectivity index (χ4n) is 2.72. The maximum Gasteiger partial charge on any atom is 0.187 e. The van der Waals surface area contributed by atoms with Gasteiger partial charge in [-0.05, 0) is 12.0 Å².